The van der Waals surface area contributed by atoms with Crippen LogP contribution in [0.15, 0.2) is 42.7 Å². The van der Waals surface area contributed by atoms with E-state index in [0.29, 0.717) is 6.42 Å². The molecule has 1 N–H and O–H groups in total. The molecule has 1 fully saturated rings. The number of aliphatic hydroxyl groups is 1. The molecule has 122 valence electrons. The molecular weight excluding hydrogens is 295 g/mol. The van der Waals surface area contributed by atoms with Crippen molar-refractivity contribution < 1.29 is 9.50 Å². The number of hydrogen-bond acceptors (Lipinski definition) is 5. The average molecular weight is 316 g/mol. The van der Waals surface area contributed by atoms with Crippen LogP contribution in [-0.2, 0) is 0 Å². The molecule has 2 heterocycles. The number of piperazine rings is 1. The van der Waals surface area contributed by atoms with Gasteiger partial charge in [0.1, 0.15) is 5.82 Å². The van der Waals surface area contributed by atoms with Gasteiger partial charge in [-0.05, 0) is 30.2 Å². The van der Waals surface area contributed by atoms with Crippen LogP contribution in [0.4, 0.5) is 10.3 Å². The Morgan fingerprint density at radius 2 is 1.70 bits per heavy atom. The van der Waals surface area contributed by atoms with Crippen LogP contribution < -0.4 is 4.90 Å². The van der Waals surface area contributed by atoms with E-state index in [1.165, 1.54) is 12.1 Å². The summed E-state index contributed by atoms with van der Waals surface area (Å²) in [5, 5.41) is 10.2. The molecule has 6 heteroatoms. The van der Waals surface area contributed by atoms with Crippen molar-refractivity contribution in [3.05, 3.63) is 54.1 Å². The normalized spacial score (nSPS) is 17.2. The number of benzene rings is 1. The number of anilines is 1. The molecule has 23 heavy (non-hydrogen) atoms. The van der Waals surface area contributed by atoms with E-state index in [-0.39, 0.29) is 5.82 Å². The zero-order valence-corrected chi connectivity index (χ0v) is 13.0. The van der Waals surface area contributed by atoms with Crippen molar-refractivity contribution in [2.24, 2.45) is 0 Å². The van der Waals surface area contributed by atoms with Crippen molar-refractivity contribution in [3.63, 3.8) is 0 Å². The Morgan fingerprint density at radius 1 is 1.04 bits per heavy atom. The van der Waals surface area contributed by atoms with Crippen LogP contribution in [0.5, 0.6) is 0 Å². The van der Waals surface area contributed by atoms with Crippen molar-refractivity contribution in [2.75, 3.05) is 37.6 Å². The Balaban J connectivity index is 1.45. The van der Waals surface area contributed by atoms with Crippen LogP contribution in [0.2, 0.25) is 0 Å². The lowest BCUT2D eigenvalue weighted by Gasteiger charge is -2.35. The van der Waals surface area contributed by atoms with Gasteiger partial charge >= 0.3 is 0 Å². The molecule has 0 radical (unpaired) electrons. The monoisotopic (exact) mass is 316 g/mol. The second-order valence-electron chi connectivity index (χ2n) is 5.73. The fourth-order valence-corrected chi connectivity index (χ4v) is 2.78. The molecule has 0 spiro atoms. The van der Waals surface area contributed by atoms with Gasteiger partial charge in [0, 0.05) is 45.1 Å². The number of aliphatic hydroxyl groups excluding tert-OH is 1. The summed E-state index contributed by atoms with van der Waals surface area (Å²) in [4.78, 5) is 13.0. The Bertz CT molecular complexity index is 600. The molecule has 1 aliphatic rings. The molecule has 1 aromatic carbocycles. The summed E-state index contributed by atoms with van der Waals surface area (Å²) in [6, 6.07) is 7.88. The van der Waals surface area contributed by atoms with Crippen LogP contribution in [0, 0.1) is 5.82 Å². The van der Waals surface area contributed by atoms with Gasteiger partial charge in [0.2, 0.25) is 5.95 Å². The second-order valence-corrected chi connectivity index (χ2v) is 5.73. The number of halogens is 1. The standard InChI is InChI=1S/C17H21FN4O/c18-15-4-2-14(3-5-15)16(23)6-9-21-10-12-22(13-11-21)17-19-7-1-8-20-17/h1-5,7-8,16,23H,6,9-13H2. The van der Waals surface area contributed by atoms with Crippen molar-refractivity contribution in [3.8, 4) is 0 Å². The van der Waals surface area contributed by atoms with Gasteiger partial charge in [-0.25, -0.2) is 14.4 Å². The van der Waals surface area contributed by atoms with Crippen LogP contribution in [-0.4, -0.2) is 52.7 Å². The van der Waals surface area contributed by atoms with Gasteiger partial charge in [0.15, 0.2) is 0 Å². The topological polar surface area (TPSA) is 52.5 Å². The summed E-state index contributed by atoms with van der Waals surface area (Å²) >= 11 is 0. The maximum atomic E-state index is 12.9. The summed E-state index contributed by atoms with van der Waals surface area (Å²) in [5.41, 5.74) is 0.766. The van der Waals surface area contributed by atoms with Crippen molar-refractivity contribution in [2.45, 2.75) is 12.5 Å². The van der Waals surface area contributed by atoms with Gasteiger partial charge < -0.3 is 10.0 Å². The zero-order chi connectivity index (χ0) is 16.1. The third-order valence-corrected chi connectivity index (χ3v) is 4.18. The molecular formula is C17H21FN4O. The highest BCUT2D eigenvalue weighted by Crippen LogP contribution is 2.18. The zero-order valence-electron chi connectivity index (χ0n) is 13.0. The largest absolute Gasteiger partial charge is 0.388 e. The van der Waals surface area contributed by atoms with Gasteiger partial charge in [-0.2, -0.15) is 0 Å². The Kier molecular flexibility index (Phi) is 5.15. The number of nitrogens with zero attached hydrogens (tertiary/aromatic N) is 4. The van der Waals surface area contributed by atoms with Gasteiger partial charge in [-0.3, -0.25) is 4.90 Å². The quantitative estimate of drug-likeness (QED) is 0.912. The van der Waals surface area contributed by atoms with E-state index in [2.05, 4.69) is 19.8 Å². The van der Waals surface area contributed by atoms with E-state index >= 15 is 0 Å². The maximum absolute atomic E-state index is 12.9. The molecule has 3 rings (SSSR count). The van der Waals surface area contributed by atoms with Crippen LogP contribution in [0.1, 0.15) is 18.1 Å². The molecule has 1 atom stereocenters. The first-order chi connectivity index (χ1) is 11.2. The molecule has 1 aliphatic heterocycles. The highest BCUT2D eigenvalue weighted by atomic mass is 19.1. The minimum atomic E-state index is -0.550. The third kappa shape index (κ3) is 4.24. The molecule has 2 aromatic rings. The first kappa shape index (κ1) is 15.8. The molecule has 1 unspecified atom stereocenters. The molecule has 1 aromatic heterocycles. The lowest BCUT2D eigenvalue weighted by atomic mass is 10.1. The fourth-order valence-electron chi connectivity index (χ4n) is 2.78. The molecule has 0 aliphatic carbocycles. The Morgan fingerprint density at radius 3 is 2.35 bits per heavy atom. The van der Waals surface area contributed by atoms with Crippen molar-refractivity contribution >= 4 is 5.95 Å². The molecule has 0 saturated carbocycles. The fraction of sp³-hybridized carbons (Fsp3) is 0.412. The van der Waals surface area contributed by atoms with Crippen molar-refractivity contribution in [1.29, 1.82) is 0 Å². The lowest BCUT2D eigenvalue weighted by molar-refractivity contribution is 0.139. The second kappa shape index (κ2) is 7.48. The number of rotatable bonds is 5. The molecule has 5 nitrogen and oxygen atoms in total. The first-order valence-corrected chi connectivity index (χ1v) is 7.90. The SMILES string of the molecule is OC(CCN1CCN(c2ncccn2)CC1)c1ccc(F)cc1. The number of aromatic nitrogens is 2. The van der Waals surface area contributed by atoms with Crippen LogP contribution >= 0.6 is 0 Å². The summed E-state index contributed by atoms with van der Waals surface area (Å²) in [5.74, 6) is 0.499. The van der Waals surface area contributed by atoms with E-state index in [1.807, 2.05) is 6.07 Å². The smallest absolute Gasteiger partial charge is 0.225 e. The molecule has 0 bridgehead atoms. The third-order valence-electron chi connectivity index (χ3n) is 4.18. The van der Waals surface area contributed by atoms with E-state index in [9.17, 15) is 9.50 Å². The average Bonchev–Trinajstić information content (AvgIpc) is 2.61. The minimum Gasteiger partial charge on any atom is -0.388 e. The predicted molar refractivity (Wildman–Crippen MR) is 86.7 cm³/mol. The summed E-state index contributed by atoms with van der Waals surface area (Å²) in [6.45, 7) is 4.44. The highest BCUT2D eigenvalue weighted by molar-refractivity contribution is 5.29. The molecule has 0 amide bonds. The summed E-state index contributed by atoms with van der Waals surface area (Å²) < 4.78 is 12.9. The predicted octanol–water partition coefficient (Wildman–Crippen LogP) is 1.86. The Labute approximate surface area is 135 Å². The highest BCUT2D eigenvalue weighted by Gasteiger charge is 2.19. The minimum absolute atomic E-state index is 0.278. The molecule has 1 saturated heterocycles. The number of hydrogen-bond donors (Lipinski definition) is 1. The first-order valence-electron chi connectivity index (χ1n) is 7.90. The van der Waals surface area contributed by atoms with Crippen molar-refractivity contribution in [1.82, 2.24) is 14.9 Å². The Hall–Kier alpha value is -2.05. The van der Waals surface area contributed by atoms with Crippen LogP contribution in [0.3, 0.4) is 0 Å². The summed E-state index contributed by atoms with van der Waals surface area (Å²) in [7, 11) is 0. The van der Waals surface area contributed by atoms with E-state index in [0.717, 1.165) is 44.2 Å². The van der Waals surface area contributed by atoms with Gasteiger partial charge in [0.05, 0.1) is 6.10 Å². The lowest BCUT2D eigenvalue weighted by Crippen LogP contribution is -2.47. The van der Waals surface area contributed by atoms with E-state index < -0.39 is 6.10 Å². The van der Waals surface area contributed by atoms with Gasteiger partial charge in [-0.15, -0.1) is 0 Å². The van der Waals surface area contributed by atoms with E-state index in [1.54, 1.807) is 24.5 Å². The van der Waals surface area contributed by atoms with Gasteiger partial charge in [-0.1, -0.05) is 12.1 Å². The van der Waals surface area contributed by atoms with Gasteiger partial charge in [0.25, 0.3) is 0 Å². The van der Waals surface area contributed by atoms with Crippen LogP contribution in [0.25, 0.3) is 0 Å². The maximum Gasteiger partial charge on any atom is 0.225 e. The van der Waals surface area contributed by atoms with E-state index in [4.69, 9.17) is 0 Å². The summed E-state index contributed by atoms with van der Waals surface area (Å²) in [6.07, 6.45) is 3.61.